The van der Waals surface area contributed by atoms with Gasteiger partial charge in [0.1, 0.15) is 5.75 Å². The summed E-state index contributed by atoms with van der Waals surface area (Å²) in [5.74, 6) is 1.98. The normalized spacial score (nSPS) is 11.3. The Hall–Kier alpha value is -3.23. The van der Waals surface area contributed by atoms with Crippen LogP contribution in [0.3, 0.4) is 0 Å². The molecule has 1 amide bonds. The Balaban J connectivity index is 1.47. The van der Waals surface area contributed by atoms with Crippen LogP contribution in [0.5, 0.6) is 5.75 Å². The Morgan fingerprint density at radius 2 is 1.67 bits per heavy atom. The highest BCUT2D eigenvalue weighted by Crippen LogP contribution is 2.26. The maximum atomic E-state index is 12.7. The van der Waals surface area contributed by atoms with E-state index in [1.807, 2.05) is 18.2 Å². The predicted molar refractivity (Wildman–Crippen MR) is 135 cm³/mol. The van der Waals surface area contributed by atoms with Gasteiger partial charge in [0.2, 0.25) is 5.91 Å². The van der Waals surface area contributed by atoms with E-state index in [2.05, 4.69) is 22.2 Å². The zero-order chi connectivity index (χ0) is 23.5. The average molecular weight is 483 g/mol. The highest BCUT2D eigenvalue weighted by molar-refractivity contribution is 7.98. The lowest BCUT2D eigenvalue weighted by atomic mass is 10.2. The lowest BCUT2D eigenvalue weighted by Gasteiger charge is -2.11. The molecule has 172 valence electrons. The van der Waals surface area contributed by atoms with Gasteiger partial charge in [-0.05, 0) is 41.5 Å². The van der Waals surface area contributed by atoms with E-state index in [4.69, 9.17) is 4.74 Å². The number of sulfonamides is 1. The van der Waals surface area contributed by atoms with Crippen LogP contribution < -0.4 is 14.8 Å². The van der Waals surface area contributed by atoms with Crippen molar-refractivity contribution < 1.29 is 17.9 Å². The van der Waals surface area contributed by atoms with Gasteiger partial charge in [0.25, 0.3) is 10.0 Å². The molecule has 3 aromatic carbocycles. The summed E-state index contributed by atoms with van der Waals surface area (Å²) in [5.41, 5.74) is 2.35. The number of ether oxygens (including phenoxy) is 1. The molecule has 6 nitrogen and oxygen atoms in total. The first-order chi connectivity index (χ1) is 16.0. The van der Waals surface area contributed by atoms with Crippen molar-refractivity contribution in [2.45, 2.75) is 10.6 Å². The van der Waals surface area contributed by atoms with Gasteiger partial charge in [0, 0.05) is 24.1 Å². The van der Waals surface area contributed by atoms with Gasteiger partial charge in [-0.3, -0.25) is 9.52 Å². The second-order valence-corrected chi connectivity index (χ2v) is 9.82. The van der Waals surface area contributed by atoms with E-state index in [1.54, 1.807) is 54.2 Å². The van der Waals surface area contributed by atoms with Gasteiger partial charge >= 0.3 is 0 Å². The van der Waals surface area contributed by atoms with E-state index in [9.17, 15) is 13.2 Å². The molecule has 0 heterocycles. The van der Waals surface area contributed by atoms with Crippen LogP contribution in [0.4, 0.5) is 5.69 Å². The first kappa shape index (κ1) is 24.4. The van der Waals surface area contributed by atoms with Gasteiger partial charge in [-0.1, -0.05) is 54.6 Å². The van der Waals surface area contributed by atoms with E-state index in [0.717, 1.165) is 17.1 Å². The minimum Gasteiger partial charge on any atom is -0.495 e. The van der Waals surface area contributed by atoms with Crippen LogP contribution in [0, 0.1) is 0 Å². The van der Waals surface area contributed by atoms with E-state index >= 15 is 0 Å². The summed E-state index contributed by atoms with van der Waals surface area (Å²) in [6.45, 7) is 0.576. The second-order valence-electron chi connectivity index (χ2n) is 7.04. The fourth-order valence-corrected chi connectivity index (χ4v) is 4.82. The lowest BCUT2D eigenvalue weighted by molar-refractivity contribution is -0.116. The number of thioether (sulfide) groups is 1. The molecule has 0 spiro atoms. The number of para-hydroxylation sites is 2. The number of hydrogen-bond donors (Lipinski definition) is 2. The molecule has 0 saturated carbocycles. The molecule has 0 unspecified atom stereocenters. The molecule has 0 radical (unpaired) electrons. The molecule has 0 fully saturated rings. The van der Waals surface area contributed by atoms with E-state index < -0.39 is 10.0 Å². The SMILES string of the molecule is COc1ccccc1NS(=O)(=O)c1ccc(/C=C/C(=O)NCCSCc2ccccc2)cc1. The maximum Gasteiger partial charge on any atom is 0.262 e. The number of carbonyl (C=O) groups is 1. The highest BCUT2D eigenvalue weighted by atomic mass is 32.2. The Morgan fingerprint density at radius 1 is 0.970 bits per heavy atom. The summed E-state index contributed by atoms with van der Waals surface area (Å²) >= 11 is 1.76. The summed E-state index contributed by atoms with van der Waals surface area (Å²) in [5, 5.41) is 2.85. The number of hydrogen-bond acceptors (Lipinski definition) is 5. The standard InChI is InChI=1S/C25H26N2O4S2/c1-31-24-10-6-5-9-23(24)27-33(29,30)22-14-11-20(12-15-22)13-16-25(28)26-17-18-32-19-21-7-3-2-4-8-21/h2-16,27H,17-19H2,1H3,(H,26,28)/b16-13+. The largest absolute Gasteiger partial charge is 0.495 e. The summed E-state index contributed by atoms with van der Waals surface area (Å²) in [6.07, 6.45) is 3.09. The minimum absolute atomic E-state index is 0.116. The van der Waals surface area contributed by atoms with E-state index in [1.165, 1.54) is 30.9 Å². The first-order valence-corrected chi connectivity index (χ1v) is 13.0. The second kappa shape index (κ2) is 12.1. The van der Waals surface area contributed by atoms with Crippen molar-refractivity contribution in [1.82, 2.24) is 5.32 Å². The molecule has 0 atom stereocenters. The smallest absolute Gasteiger partial charge is 0.262 e. The quantitative estimate of drug-likeness (QED) is 0.309. The van der Waals surface area contributed by atoms with Gasteiger partial charge in [0.15, 0.2) is 0 Å². The van der Waals surface area contributed by atoms with Crippen LogP contribution >= 0.6 is 11.8 Å². The maximum absolute atomic E-state index is 12.7. The molecular weight excluding hydrogens is 456 g/mol. The predicted octanol–water partition coefficient (Wildman–Crippen LogP) is 4.56. The minimum atomic E-state index is -3.77. The number of amides is 1. The Morgan fingerprint density at radius 3 is 2.39 bits per heavy atom. The van der Waals surface area contributed by atoms with Crippen molar-refractivity contribution in [2.24, 2.45) is 0 Å². The molecule has 33 heavy (non-hydrogen) atoms. The van der Waals surface area contributed by atoms with Crippen LogP contribution in [-0.2, 0) is 20.6 Å². The van der Waals surface area contributed by atoms with Crippen LogP contribution in [0.2, 0.25) is 0 Å². The van der Waals surface area contributed by atoms with Crippen molar-refractivity contribution >= 4 is 39.5 Å². The third kappa shape index (κ3) is 7.69. The molecule has 0 aliphatic heterocycles. The zero-order valence-corrected chi connectivity index (χ0v) is 19.9. The van der Waals surface area contributed by atoms with Crippen LogP contribution in [0.15, 0.2) is 89.8 Å². The number of anilines is 1. The van der Waals surface area contributed by atoms with Gasteiger partial charge < -0.3 is 10.1 Å². The third-order valence-corrected chi connectivity index (χ3v) is 7.04. The Bertz CT molecular complexity index is 1180. The fourth-order valence-electron chi connectivity index (χ4n) is 2.93. The van der Waals surface area contributed by atoms with Gasteiger partial charge in [-0.15, -0.1) is 0 Å². The number of methoxy groups -OCH3 is 1. The third-order valence-electron chi connectivity index (χ3n) is 4.63. The monoisotopic (exact) mass is 482 g/mol. The fraction of sp³-hybridized carbons (Fsp3) is 0.160. The average Bonchev–Trinajstić information content (AvgIpc) is 2.83. The molecule has 3 rings (SSSR count). The first-order valence-electron chi connectivity index (χ1n) is 10.3. The molecular formula is C25H26N2O4S2. The van der Waals surface area contributed by atoms with Crippen molar-refractivity contribution in [3.05, 3.63) is 96.1 Å². The van der Waals surface area contributed by atoms with Crippen molar-refractivity contribution in [3.63, 3.8) is 0 Å². The number of nitrogens with one attached hydrogen (secondary N) is 2. The van der Waals surface area contributed by atoms with Crippen LogP contribution in [-0.4, -0.2) is 33.7 Å². The molecule has 0 bridgehead atoms. The van der Waals surface area contributed by atoms with Gasteiger partial charge in [0.05, 0.1) is 17.7 Å². The Labute approximate surface area is 199 Å². The summed E-state index contributed by atoms with van der Waals surface area (Å²) in [6, 6.07) is 23.3. The van der Waals surface area contributed by atoms with Gasteiger partial charge in [-0.25, -0.2) is 8.42 Å². The van der Waals surface area contributed by atoms with Crippen molar-refractivity contribution in [3.8, 4) is 5.75 Å². The number of benzene rings is 3. The van der Waals surface area contributed by atoms with E-state index in [0.29, 0.717) is 18.0 Å². The molecule has 0 aliphatic rings. The molecule has 0 aliphatic carbocycles. The molecule has 0 aromatic heterocycles. The van der Waals surface area contributed by atoms with Crippen molar-refractivity contribution in [1.29, 1.82) is 0 Å². The highest BCUT2D eigenvalue weighted by Gasteiger charge is 2.16. The van der Waals surface area contributed by atoms with Crippen LogP contribution in [0.25, 0.3) is 6.08 Å². The molecule has 2 N–H and O–H groups in total. The summed E-state index contributed by atoms with van der Waals surface area (Å²) < 4.78 is 33.0. The summed E-state index contributed by atoms with van der Waals surface area (Å²) in [7, 11) is -2.29. The number of rotatable bonds is 11. The van der Waals surface area contributed by atoms with E-state index in [-0.39, 0.29) is 10.8 Å². The van der Waals surface area contributed by atoms with Gasteiger partial charge in [-0.2, -0.15) is 11.8 Å². The lowest BCUT2D eigenvalue weighted by Crippen LogP contribution is -2.23. The zero-order valence-electron chi connectivity index (χ0n) is 18.2. The Kier molecular flexibility index (Phi) is 8.97. The molecule has 3 aromatic rings. The van der Waals surface area contributed by atoms with Crippen LogP contribution in [0.1, 0.15) is 11.1 Å². The molecule has 0 saturated heterocycles. The van der Waals surface area contributed by atoms with Crippen molar-refractivity contribution in [2.75, 3.05) is 24.1 Å². The topological polar surface area (TPSA) is 84.5 Å². The summed E-state index contributed by atoms with van der Waals surface area (Å²) in [4.78, 5) is 12.1. The number of carbonyl (C=O) groups excluding carboxylic acids is 1. The molecule has 8 heteroatoms.